The van der Waals surface area contributed by atoms with Crippen LogP contribution in [0.25, 0.3) is 0 Å². The number of anilines is 1. The van der Waals surface area contributed by atoms with E-state index in [2.05, 4.69) is 37.2 Å². The van der Waals surface area contributed by atoms with E-state index in [0.717, 1.165) is 18.9 Å². The fourth-order valence-corrected chi connectivity index (χ4v) is 15.4. The van der Waals surface area contributed by atoms with Gasteiger partial charge in [0, 0.05) is 66.5 Å². The Bertz CT molecular complexity index is 3360. The lowest BCUT2D eigenvalue weighted by Crippen LogP contribution is -2.60. The Morgan fingerprint density at radius 2 is 1.05 bits per heavy atom. The minimum Gasteiger partial charge on any atom is -0.445 e. The third-order valence-electron chi connectivity index (χ3n) is 22.8. The van der Waals surface area contributed by atoms with Crippen LogP contribution in [0.2, 0.25) is 0 Å². The molecule has 1 saturated heterocycles. The maximum absolute atomic E-state index is 14.9. The molecule has 2 aliphatic rings. The van der Waals surface area contributed by atoms with Crippen LogP contribution >= 0.6 is 0 Å². The summed E-state index contributed by atoms with van der Waals surface area (Å²) in [6.45, 7) is 25.7. The summed E-state index contributed by atoms with van der Waals surface area (Å²) in [6, 6.07) is 8.71. The fourth-order valence-electron chi connectivity index (χ4n) is 15.4. The molecule has 1 aliphatic heterocycles. The lowest BCUT2D eigenvalue weighted by Gasteiger charge is -2.41. The van der Waals surface area contributed by atoms with Crippen molar-refractivity contribution in [3.05, 3.63) is 65.7 Å². The Kier molecular flexibility index (Phi) is 56.2. The normalized spacial score (nSPS) is 16.4. The van der Waals surface area contributed by atoms with Crippen LogP contribution in [-0.2, 0) is 102 Å². The summed E-state index contributed by atoms with van der Waals surface area (Å²) in [5.74, 6) is -4.47. The molecule has 0 spiro atoms. The maximum atomic E-state index is 14.9. The summed E-state index contributed by atoms with van der Waals surface area (Å²) >= 11 is 0. The van der Waals surface area contributed by atoms with E-state index >= 15 is 0 Å². The Labute approximate surface area is 743 Å². The van der Waals surface area contributed by atoms with Crippen molar-refractivity contribution in [1.82, 2.24) is 46.6 Å². The number of hydrogen-bond acceptors (Lipinski definition) is 23. The molecule has 1 saturated carbocycles. The van der Waals surface area contributed by atoms with E-state index in [1.54, 1.807) is 109 Å². The molecule has 11 amide bonds. The number of aliphatic hydroxyl groups excluding tert-OH is 1. The Morgan fingerprint density at radius 1 is 0.528 bits per heavy atom. The van der Waals surface area contributed by atoms with Crippen LogP contribution in [-0.4, -0.2) is 301 Å². The summed E-state index contributed by atoms with van der Waals surface area (Å²) in [6.07, 6.45) is 10.9. The van der Waals surface area contributed by atoms with Gasteiger partial charge in [0.2, 0.25) is 47.3 Å². The SMILES string of the molecule is CCC(C)[C@@H]([C@@H](CC(=O)N1CCC[C@H]1[C@H](OC)[C@@H](C)C(=O)N[C@H](C)[C@@H](O)c1ccccc1)OC)N(C)C(=O)[C@@H](NC(=O)[C@H](C(C)C)N(C)C(=O)OCc1ccc(NC(=O)[C@H](CCCNC(N)=O)NC(=O)[C@@H](NC(=O)CCOCCOCCOCCOCCOCCOCCOCCOCCOCCC(=O)NCCCCC2CCCCCC2)C(C)C)cc1)C(C)C. The molecule has 34 nitrogen and oxygen atoms in total. The van der Waals surface area contributed by atoms with Gasteiger partial charge in [-0.1, -0.05) is 163 Å². The summed E-state index contributed by atoms with van der Waals surface area (Å²) < 4.78 is 67.9. The van der Waals surface area contributed by atoms with Gasteiger partial charge < -0.3 is 115 Å². The predicted octanol–water partition coefficient (Wildman–Crippen LogP) is 7.78. The van der Waals surface area contributed by atoms with Crippen molar-refractivity contribution in [2.75, 3.05) is 172 Å². The van der Waals surface area contributed by atoms with Gasteiger partial charge in [-0.15, -0.1) is 0 Å². The van der Waals surface area contributed by atoms with Gasteiger partial charge >= 0.3 is 12.1 Å². The number of carbonyl (C=O) groups excluding carboxylic acids is 10. The van der Waals surface area contributed by atoms with Crippen molar-refractivity contribution in [3.63, 3.8) is 0 Å². The number of nitrogens with one attached hydrogen (secondary N) is 7. The van der Waals surface area contributed by atoms with Crippen molar-refractivity contribution in [3.8, 4) is 0 Å². The average Bonchev–Trinajstić information content (AvgIpc) is 1.73. The number of carbonyl (C=O) groups is 10. The zero-order valence-corrected chi connectivity index (χ0v) is 77.4. The molecular weight excluding hydrogens is 1620 g/mol. The van der Waals surface area contributed by atoms with Crippen molar-refractivity contribution in [2.24, 2.45) is 41.2 Å². The lowest BCUT2D eigenvalue weighted by molar-refractivity contribution is -0.148. The molecule has 4 rings (SSSR count). The quantitative estimate of drug-likeness (QED) is 0.0225. The Balaban J connectivity index is 1.12. The molecule has 712 valence electrons. The highest BCUT2D eigenvalue weighted by atomic mass is 16.6. The zero-order chi connectivity index (χ0) is 91.9. The Morgan fingerprint density at radius 3 is 1.54 bits per heavy atom. The standard InChI is InChI=1S/C91H155N11O23/c1-15-66(8)82(75(114-13)61-78(105)102-42-26-33-74(102)84(115-14)67(9)85(107)95-68(10)83(106)71-30-21-18-22-31-71)100(11)89(111)80(64(4)5)99-88(110)81(65(6)7)101(12)91(113)125-62-70-34-36-72(37-35-70)96-86(108)73(32-25-41-94-90(92)112)97-87(109)79(63(2)3)98-77(104)39-44-117-46-48-119-50-52-121-54-56-123-58-60-124-59-57-122-55-53-120-51-49-118-47-45-116-43-38-76(103)93-40-24-23-29-69-27-19-16-17-20-28-69/h18,21-22,30-31,34-37,63-69,73-75,79-84,106H,15-17,19-20,23-29,32-33,38-62H2,1-14H3,(H,93,103)(H,95,107)(H,96,108)(H,97,109)(H,98,104)(H,99,110)(H3,92,94,112)/t66?,67-,68-,73+,74+,75-,79+,80+,81+,82+,83-,84-/m1/s1. The van der Waals surface area contributed by atoms with Crippen LogP contribution in [0.5, 0.6) is 0 Å². The highest BCUT2D eigenvalue weighted by Crippen LogP contribution is 2.32. The molecule has 125 heavy (non-hydrogen) atoms. The number of ether oxygens (including phenoxy) is 12. The maximum Gasteiger partial charge on any atom is 0.410 e. The lowest BCUT2D eigenvalue weighted by atomic mass is 9.89. The summed E-state index contributed by atoms with van der Waals surface area (Å²) in [5.41, 5.74) is 6.82. The van der Waals surface area contributed by atoms with E-state index < -0.39 is 126 Å². The van der Waals surface area contributed by atoms with E-state index in [0.29, 0.717) is 148 Å². The number of rotatable bonds is 67. The van der Waals surface area contributed by atoms with Gasteiger partial charge in [0.25, 0.3) is 0 Å². The number of unbranched alkanes of at least 4 members (excludes halogenated alkanes) is 1. The van der Waals surface area contributed by atoms with Crippen LogP contribution in [0.4, 0.5) is 15.3 Å². The number of primary amides is 1. The highest BCUT2D eigenvalue weighted by Gasteiger charge is 2.44. The predicted molar refractivity (Wildman–Crippen MR) is 474 cm³/mol. The number of urea groups is 1. The van der Waals surface area contributed by atoms with E-state index in [4.69, 9.17) is 62.6 Å². The topological polar surface area (TPSA) is 422 Å². The largest absolute Gasteiger partial charge is 0.445 e. The minimum absolute atomic E-state index is 0.0317. The molecule has 34 heteroatoms. The summed E-state index contributed by atoms with van der Waals surface area (Å²) in [7, 11) is 6.09. The average molecular weight is 1770 g/mol. The first-order valence-electron chi connectivity index (χ1n) is 45.4. The van der Waals surface area contributed by atoms with Gasteiger partial charge in [0.05, 0.1) is 168 Å². The number of likely N-dealkylation sites (tertiary alicyclic amines) is 1. The first-order chi connectivity index (χ1) is 60.0. The third-order valence-corrected chi connectivity index (χ3v) is 22.8. The molecular formula is C91H155N11O23. The second kappa shape index (κ2) is 64.1. The third kappa shape index (κ3) is 43.3. The monoisotopic (exact) mass is 1770 g/mol. The van der Waals surface area contributed by atoms with Crippen molar-refractivity contribution in [1.29, 1.82) is 0 Å². The van der Waals surface area contributed by atoms with Crippen LogP contribution < -0.4 is 43.0 Å². The number of nitrogens with zero attached hydrogens (tertiary/aromatic N) is 3. The van der Waals surface area contributed by atoms with Gasteiger partial charge in [-0.05, 0) is 91.9 Å². The number of nitrogens with two attached hydrogens (primary N) is 1. The number of likely N-dealkylation sites (N-methyl/N-ethyl adjacent to an activating group) is 2. The molecule has 1 aliphatic carbocycles. The highest BCUT2D eigenvalue weighted by molar-refractivity contribution is 5.98. The number of aliphatic hydroxyl groups is 1. The van der Waals surface area contributed by atoms with Crippen LogP contribution in [0.15, 0.2) is 54.6 Å². The van der Waals surface area contributed by atoms with Crippen molar-refractivity contribution >= 4 is 65.1 Å². The summed E-state index contributed by atoms with van der Waals surface area (Å²) in [5, 5.41) is 30.7. The molecule has 0 bridgehead atoms. The van der Waals surface area contributed by atoms with Gasteiger partial charge in [0.1, 0.15) is 30.8 Å². The molecule has 0 radical (unpaired) electrons. The van der Waals surface area contributed by atoms with Crippen molar-refractivity contribution < 1.29 is 110 Å². The first-order valence-corrected chi connectivity index (χ1v) is 45.4. The molecule has 0 aromatic heterocycles. The zero-order valence-electron chi connectivity index (χ0n) is 77.4. The van der Waals surface area contributed by atoms with E-state index in [-0.39, 0.29) is 82.3 Å². The van der Waals surface area contributed by atoms with Crippen LogP contribution in [0.1, 0.15) is 196 Å². The number of methoxy groups -OCH3 is 2. The van der Waals surface area contributed by atoms with Gasteiger partial charge in [-0.3, -0.25) is 43.3 Å². The van der Waals surface area contributed by atoms with Gasteiger partial charge in [-0.25, -0.2) is 9.59 Å². The minimum atomic E-state index is -1.12. The number of hydrogen-bond donors (Lipinski definition) is 9. The van der Waals surface area contributed by atoms with Crippen molar-refractivity contribution in [2.45, 2.75) is 246 Å². The van der Waals surface area contributed by atoms with E-state index in [1.165, 1.54) is 77.5 Å². The van der Waals surface area contributed by atoms with Gasteiger partial charge in [0.15, 0.2) is 0 Å². The molecule has 1 heterocycles. The number of benzene rings is 2. The fraction of sp³-hybridized carbons (Fsp3) is 0.758. The Hall–Kier alpha value is -7.74. The molecule has 2 aromatic rings. The molecule has 2 fully saturated rings. The van der Waals surface area contributed by atoms with Gasteiger partial charge in [-0.2, -0.15) is 0 Å². The van der Waals surface area contributed by atoms with Crippen LogP contribution in [0, 0.1) is 35.5 Å². The van der Waals surface area contributed by atoms with E-state index in [9.17, 15) is 53.1 Å². The second-order valence-electron chi connectivity index (χ2n) is 33.5. The second-order valence-corrected chi connectivity index (χ2v) is 33.5. The van der Waals surface area contributed by atoms with Crippen LogP contribution in [0.3, 0.4) is 0 Å². The molecule has 2 aromatic carbocycles. The molecule has 10 N–H and O–H groups in total. The number of amides is 11. The van der Waals surface area contributed by atoms with E-state index in [1.807, 2.05) is 32.0 Å². The first kappa shape index (κ1) is 110. The molecule has 12 atom stereocenters. The molecule has 1 unspecified atom stereocenters. The summed E-state index contributed by atoms with van der Waals surface area (Å²) in [4.78, 5) is 141. The smallest absolute Gasteiger partial charge is 0.410 e.